The summed E-state index contributed by atoms with van der Waals surface area (Å²) in [4.78, 5) is 23.3. The molecule has 32 heavy (non-hydrogen) atoms. The van der Waals surface area contributed by atoms with Gasteiger partial charge in [-0.2, -0.15) is 0 Å². The van der Waals surface area contributed by atoms with E-state index in [2.05, 4.69) is 9.97 Å². The zero-order valence-corrected chi connectivity index (χ0v) is 17.4. The van der Waals surface area contributed by atoms with Gasteiger partial charge in [-0.25, -0.2) is 9.97 Å². The summed E-state index contributed by atoms with van der Waals surface area (Å²) < 4.78 is 18.1. The second-order valence-corrected chi connectivity index (χ2v) is 6.99. The number of nitrogen functional groups attached to an aromatic ring is 1. The van der Waals surface area contributed by atoms with Gasteiger partial charge in [-0.15, -0.1) is 0 Å². The Morgan fingerprint density at radius 2 is 1.59 bits per heavy atom. The molecule has 5 rings (SSSR count). The summed E-state index contributed by atoms with van der Waals surface area (Å²) in [6.07, 6.45) is 6.58. The molecule has 1 aliphatic rings. The summed E-state index contributed by atoms with van der Waals surface area (Å²) in [5.41, 5.74) is 8.46. The minimum atomic E-state index is -0.288. The predicted octanol–water partition coefficient (Wildman–Crippen LogP) is 4.14. The molecule has 0 bridgehead atoms. The Morgan fingerprint density at radius 1 is 0.875 bits per heavy atom. The minimum Gasteiger partial charge on any atom is -0.494 e. The Hall–Kier alpha value is -4.53. The van der Waals surface area contributed by atoms with Crippen LogP contribution in [0.5, 0.6) is 23.0 Å². The number of hydrogen-bond donors (Lipinski definition) is 1. The molecule has 0 atom stereocenters. The van der Waals surface area contributed by atoms with Gasteiger partial charge in [0.05, 0.1) is 38.0 Å². The van der Waals surface area contributed by atoms with Crippen LogP contribution < -0.4 is 24.8 Å². The molecule has 1 aliphatic heterocycles. The lowest BCUT2D eigenvalue weighted by Gasteiger charge is -2.12. The van der Waals surface area contributed by atoms with Gasteiger partial charge in [0.1, 0.15) is 28.7 Å². The molecule has 4 aromatic rings. The van der Waals surface area contributed by atoms with E-state index in [-0.39, 0.29) is 11.6 Å². The Labute approximate surface area is 183 Å². The van der Waals surface area contributed by atoms with Crippen molar-refractivity contribution in [2.75, 3.05) is 24.9 Å². The molecule has 3 aromatic heterocycles. The molecule has 160 valence electrons. The molecule has 0 fully saturated rings. The third-order valence-corrected chi connectivity index (χ3v) is 5.02. The Morgan fingerprint density at radius 3 is 2.28 bits per heavy atom. The topological polar surface area (TPSA) is 105 Å². The fourth-order valence-corrected chi connectivity index (χ4v) is 3.42. The van der Waals surface area contributed by atoms with Crippen LogP contribution in [0.1, 0.15) is 10.5 Å². The normalized spacial score (nSPS) is 11.6. The fraction of sp³-hybridized carbons (Fsp3) is 0.0870. The van der Waals surface area contributed by atoms with Crippen LogP contribution in [0.2, 0.25) is 0 Å². The van der Waals surface area contributed by atoms with E-state index in [9.17, 15) is 4.79 Å². The molecular weight excluding hydrogens is 410 g/mol. The average Bonchev–Trinajstić information content (AvgIpc) is 3.30. The molecular formula is C23H19N5O4. The summed E-state index contributed by atoms with van der Waals surface area (Å²) in [7, 11) is 3.09. The second-order valence-electron chi connectivity index (χ2n) is 6.99. The zero-order valence-electron chi connectivity index (χ0n) is 17.4. The summed E-state index contributed by atoms with van der Waals surface area (Å²) in [6, 6.07) is 12.5. The highest BCUT2D eigenvalue weighted by molar-refractivity contribution is 6.05. The standard InChI is InChI=1S/C23H19N5O4/c1-30-19-9-22(24)26-10-16(19)28-17-12-27(13-18(17)28)23(29)15-8-20(31-2)21(11-25-15)32-14-6-4-3-5-7-14/h3-13H,1-2H3,(H2,24,26). The third kappa shape index (κ3) is 3.35. The van der Waals surface area contributed by atoms with Gasteiger partial charge in [-0.3, -0.25) is 14.3 Å². The van der Waals surface area contributed by atoms with Gasteiger partial charge in [0.25, 0.3) is 5.91 Å². The number of nitrogens with two attached hydrogens (primary N) is 1. The fourth-order valence-electron chi connectivity index (χ4n) is 3.42. The second kappa shape index (κ2) is 7.62. The highest BCUT2D eigenvalue weighted by atomic mass is 16.5. The van der Waals surface area contributed by atoms with E-state index in [1.807, 2.05) is 35.2 Å². The van der Waals surface area contributed by atoms with Crippen molar-refractivity contribution in [3.8, 4) is 23.0 Å². The maximum Gasteiger partial charge on any atom is 0.280 e. The molecule has 4 heterocycles. The number of para-hydroxylation sites is 1. The Bertz CT molecular complexity index is 1300. The summed E-state index contributed by atoms with van der Waals surface area (Å²) in [5.74, 6) is 2.17. The van der Waals surface area contributed by atoms with Crippen molar-refractivity contribution in [1.29, 1.82) is 0 Å². The number of carbonyl (C=O) groups is 1. The van der Waals surface area contributed by atoms with Crippen molar-refractivity contribution in [2.24, 2.45) is 0 Å². The van der Waals surface area contributed by atoms with Crippen molar-refractivity contribution < 1.29 is 19.0 Å². The minimum absolute atomic E-state index is 0.232. The number of ether oxygens (including phenoxy) is 3. The first kappa shape index (κ1) is 19.4. The van der Waals surface area contributed by atoms with Crippen molar-refractivity contribution in [2.45, 2.75) is 0 Å². The van der Waals surface area contributed by atoms with Gasteiger partial charge >= 0.3 is 0 Å². The lowest BCUT2D eigenvalue weighted by Crippen LogP contribution is -2.13. The van der Waals surface area contributed by atoms with Crippen LogP contribution in [0.3, 0.4) is 0 Å². The molecule has 0 unspecified atom stereocenters. The predicted molar refractivity (Wildman–Crippen MR) is 118 cm³/mol. The van der Waals surface area contributed by atoms with Gasteiger partial charge in [-0.1, -0.05) is 18.2 Å². The molecule has 0 spiro atoms. The van der Waals surface area contributed by atoms with E-state index in [1.165, 1.54) is 17.9 Å². The van der Waals surface area contributed by atoms with Crippen LogP contribution in [0.4, 0.5) is 22.9 Å². The molecule has 0 aliphatic carbocycles. The molecule has 0 radical (unpaired) electrons. The first-order chi connectivity index (χ1) is 15.6. The zero-order chi connectivity index (χ0) is 22.2. The smallest absolute Gasteiger partial charge is 0.280 e. The van der Waals surface area contributed by atoms with Gasteiger partial charge in [0.2, 0.25) is 0 Å². The van der Waals surface area contributed by atoms with Crippen LogP contribution in [-0.2, 0) is 0 Å². The quantitative estimate of drug-likeness (QED) is 0.402. The van der Waals surface area contributed by atoms with E-state index < -0.39 is 0 Å². The van der Waals surface area contributed by atoms with E-state index in [0.717, 1.165) is 17.1 Å². The number of fused-ring (bicyclic) bond motifs is 1. The van der Waals surface area contributed by atoms with Crippen LogP contribution in [-0.4, -0.2) is 34.7 Å². The summed E-state index contributed by atoms with van der Waals surface area (Å²) >= 11 is 0. The largest absolute Gasteiger partial charge is 0.494 e. The Balaban J connectivity index is 1.36. The van der Waals surface area contributed by atoms with Crippen LogP contribution in [0, 0.1) is 0 Å². The number of anilines is 4. The van der Waals surface area contributed by atoms with Gasteiger partial charge < -0.3 is 19.9 Å². The first-order valence-corrected chi connectivity index (χ1v) is 9.72. The van der Waals surface area contributed by atoms with Crippen LogP contribution >= 0.6 is 0 Å². The molecule has 9 nitrogen and oxygen atoms in total. The maximum absolute atomic E-state index is 13.0. The third-order valence-electron chi connectivity index (χ3n) is 5.02. The molecule has 9 heteroatoms. The lowest BCUT2D eigenvalue weighted by molar-refractivity contribution is 0.0955. The van der Waals surface area contributed by atoms with E-state index in [1.54, 1.807) is 37.8 Å². The van der Waals surface area contributed by atoms with Crippen molar-refractivity contribution in [1.82, 2.24) is 14.5 Å². The summed E-state index contributed by atoms with van der Waals surface area (Å²) in [5, 5.41) is 0. The molecule has 1 aromatic carbocycles. The number of pyridine rings is 2. The molecule has 0 saturated carbocycles. The van der Waals surface area contributed by atoms with E-state index >= 15 is 0 Å². The number of aromatic nitrogens is 3. The highest BCUT2D eigenvalue weighted by Gasteiger charge is 2.36. The first-order valence-electron chi connectivity index (χ1n) is 9.72. The number of nitrogens with zero attached hydrogens (tertiary/aromatic N) is 4. The molecule has 0 saturated heterocycles. The Kier molecular flexibility index (Phi) is 4.63. The van der Waals surface area contributed by atoms with Crippen molar-refractivity contribution >= 4 is 28.8 Å². The van der Waals surface area contributed by atoms with Crippen molar-refractivity contribution in [3.05, 3.63) is 72.9 Å². The lowest BCUT2D eigenvalue weighted by atomic mass is 10.3. The van der Waals surface area contributed by atoms with Crippen molar-refractivity contribution in [3.63, 3.8) is 0 Å². The number of benzene rings is 1. The van der Waals surface area contributed by atoms with E-state index in [0.29, 0.717) is 28.8 Å². The van der Waals surface area contributed by atoms with Gasteiger partial charge in [0, 0.05) is 24.5 Å². The molecule has 0 amide bonds. The monoisotopic (exact) mass is 429 g/mol. The number of methoxy groups -OCH3 is 2. The highest BCUT2D eigenvalue weighted by Crippen LogP contribution is 2.56. The van der Waals surface area contributed by atoms with Crippen LogP contribution in [0.25, 0.3) is 0 Å². The SMILES string of the molecule is COc1cc(C(=O)n2cc3c(c2)N3c2cnc(N)cc2OC)ncc1Oc1ccccc1. The van der Waals surface area contributed by atoms with E-state index in [4.69, 9.17) is 19.9 Å². The average molecular weight is 429 g/mol. The van der Waals surface area contributed by atoms with Crippen LogP contribution in [0.15, 0.2) is 67.3 Å². The number of carbonyl (C=O) groups excluding carboxylic acids is 1. The number of hydrogen-bond acceptors (Lipinski definition) is 8. The van der Waals surface area contributed by atoms with Gasteiger partial charge in [0.15, 0.2) is 11.5 Å². The van der Waals surface area contributed by atoms with Gasteiger partial charge in [-0.05, 0) is 12.1 Å². The number of rotatable bonds is 6. The summed E-state index contributed by atoms with van der Waals surface area (Å²) in [6.45, 7) is 0. The molecule has 2 N–H and O–H groups in total. The maximum atomic E-state index is 13.0.